The second-order valence-corrected chi connectivity index (χ2v) is 3.80. The molecular formula is C10H20N2O2. The van der Waals surface area contributed by atoms with Gasteiger partial charge in [0.2, 0.25) is 5.91 Å². The minimum atomic E-state index is -0.0915. The zero-order valence-electron chi connectivity index (χ0n) is 8.75. The lowest BCUT2D eigenvalue weighted by Gasteiger charge is -2.24. The molecule has 82 valence electrons. The van der Waals surface area contributed by atoms with Crippen LogP contribution in [0.3, 0.4) is 0 Å². The number of aliphatic hydroxyl groups is 1. The number of hydrogen-bond acceptors (Lipinski definition) is 3. The summed E-state index contributed by atoms with van der Waals surface area (Å²) >= 11 is 0. The number of nitrogens with one attached hydrogen (secondary N) is 2. The summed E-state index contributed by atoms with van der Waals surface area (Å²) in [6, 6.07) is -0.143. The molecule has 3 N–H and O–H groups in total. The molecule has 1 amide bonds. The lowest BCUT2D eigenvalue weighted by Crippen LogP contribution is -2.50. The van der Waals surface area contributed by atoms with Crippen LogP contribution in [0.4, 0.5) is 0 Å². The van der Waals surface area contributed by atoms with Crippen LogP contribution in [0.5, 0.6) is 0 Å². The molecule has 1 fully saturated rings. The molecule has 1 rings (SSSR count). The van der Waals surface area contributed by atoms with Crippen LogP contribution in [0, 0.1) is 0 Å². The van der Waals surface area contributed by atoms with E-state index in [1.807, 2.05) is 6.92 Å². The van der Waals surface area contributed by atoms with Gasteiger partial charge < -0.3 is 15.7 Å². The van der Waals surface area contributed by atoms with Gasteiger partial charge >= 0.3 is 0 Å². The van der Waals surface area contributed by atoms with E-state index in [1.165, 1.54) is 0 Å². The van der Waals surface area contributed by atoms with Gasteiger partial charge in [0.1, 0.15) is 0 Å². The summed E-state index contributed by atoms with van der Waals surface area (Å²) < 4.78 is 0. The molecule has 0 aliphatic carbocycles. The summed E-state index contributed by atoms with van der Waals surface area (Å²) in [5.74, 6) is 0.0330. The first kappa shape index (κ1) is 11.5. The van der Waals surface area contributed by atoms with Gasteiger partial charge in [0.15, 0.2) is 0 Å². The number of hydrogen-bond donors (Lipinski definition) is 3. The predicted octanol–water partition coefficient (Wildman–Crippen LogP) is 0.0156. The van der Waals surface area contributed by atoms with Crippen molar-refractivity contribution in [2.75, 3.05) is 13.2 Å². The molecule has 14 heavy (non-hydrogen) atoms. The Labute approximate surface area is 85.1 Å². The normalized spacial score (nSPS) is 24.3. The van der Waals surface area contributed by atoms with Crippen molar-refractivity contribution in [1.29, 1.82) is 0 Å². The summed E-state index contributed by atoms with van der Waals surface area (Å²) in [7, 11) is 0. The molecule has 0 radical (unpaired) electrons. The highest BCUT2D eigenvalue weighted by molar-refractivity contribution is 5.82. The average molecular weight is 200 g/mol. The maximum Gasteiger partial charge on any atom is 0.237 e. The van der Waals surface area contributed by atoms with E-state index < -0.39 is 0 Å². The van der Waals surface area contributed by atoms with Crippen LogP contribution < -0.4 is 10.6 Å². The SMILES string of the molecule is CC[C@H](CO)NC(=O)[C@@H]1CCCCN1. The number of aliphatic hydroxyl groups excluding tert-OH is 1. The molecule has 0 aromatic rings. The Bertz CT molecular complexity index is 175. The van der Waals surface area contributed by atoms with Gasteiger partial charge in [-0.1, -0.05) is 13.3 Å². The molecule has 1 heterocycles. The first-order chi connectivity index (χ1) is 6.77. The third kappa shape index (κ3) is 3.27. The van der Waals surface area contributed by atoms with Crippen LogP contribution in [-0.4, -0.2) is 36.2 Å². The van der Waals surface area contributed by atoms with Gasteiger partial charge in [-0.2, -0.15) is 0 Å². The van der Waals surface area contributed by atoms with E-state index in [0.717, 1.165) is 32.2 Å². The van der Waals surface area contributed by atoms with Gasteiger partial charge in [-0.25, -0.2) is 0 Å². The monoisotopic (exact) mass is 200 g/mol. The smallest absolute Gasteiger partial charge is 0.237 e. The van der Waals surface area contributed by atoms with E-state index in [-0.39, 0.29) is 24.6 Å². The van der Waals surface area contributed by atoms with Crippen molar-refractivity contribution >= 4 is 5.91 Å². The summed E-state index contributed by atoms with van der Waals surface area (Å²) in [6.07, 6.45) is 3.95. The number of piperidine rings is 1. The Morgan fingerprint density at radius 3 is 2.93 bits per heavy atom. The molecule has 1 aliphatic rings. The standard InChI is InChI=1S/C10H20N2O2/c1-2-8(7-13)12-10(14)9-5-3-4-6-11-9/h8-9,11,13H,2-7H2,1H3,(H,12,14)/t8-,9+/m1/s1. The zero-order chi connectivity index (χ0) is 10.4. The Morgan fingerprint density at radius 2 is 2.43 bits per heavy atom. The average Bonchev–Trinajstić information content (AvgIpc) is 2.26. The lowest BCUT2D eigenvalue weighted by atomic mass is 10.0. The molecule has 0 unspecified atom stereocenters. The highest BCUT2D eigenvalue weighted by Gasteiger charge is 2.21. The topological polar surface area (TPSA) is 61.4 Å². The molecule has 4 heteroatoms. The van der Waals surface area contributed by atoms with Gasteiger partial charge in [0, 0.05) is 0 Å². The highest BCUT2D eigenvalue weighted by atomic mass is 16.3. The van der Waals surface area contributed by atoms with Crippen molar-refractivity contribution in [2.45, 2.75) is 44.7 Å². The van der Waals surface area contributed by atoms with Crippen LogP contribution in [0.2, 0.25) is 0 Å². The Balaban J connectivity index is 2.32. The van der Waals surface area contributed by atoms with Crippen molar-refractivity contribution in [3.05, 3.63) is 0 Å². The van der Waals surface area contributed by atoms with Gasteiger partial charge in [-0.3, -0.25) is 4.79 Å². The molecule has 0 bridgehead atoms. The minimum absolute atomic E-state index is 0.0228. The Kier molecular flexibility index (Phi) is 4.90. The Morgan fingerprint density at radius 1 is 1.64 bits per heavy atom. The molecule has 0 saturated carbocycles. The maximum absolute atomic E-state index is 11.6. The second kappa shape index (κ2) is 5.98. The highest BCUT2D eigenvalue weighted by Crippen LogP contribution is 2.07. The van der Waals surface area contributed by atoms with E-state index >= 15 is 0 Å². The van der Waals surface area contributed by atoms with Crippen LogP contribution in [-0.2, 0) is 4.79 Å². The van der Waals surface area contributed by atoms with Gasteiger partial charge in [-0.15, -0.1) is 0 Å². The predicted molar refractivity (Wildman–Crippen MR) is 54.9 cm³/mol. The summed E-state index contributed by atoms with van der Waals surface area (Å²) in [5, 5.41) is 15.0. The fourth-order valence-corrected chi connectivity index (χ4v) is 1.65. The van der Waals surface area contributed by atoms with Crippen molar-refractivity contribution in [2.24, 2.45) is 0 Å². The van der Waals surface area contributed by atoms with Crippen molar-refractivity contribution < 1.29 is 9.90 Å². The zero-order valence-corrected chi connectivity index (χ0v) is 8.75. The lowest BCUT2D eigenvalue weighted by molar-refractivity contribution is -0.124. The van der Waals surface area contributed by atoms with Crippen LogP contribution in [0.15, 0.2) is 0 Å². The molecule has 4 nitrogen and oxygen atoms in total. The van der Waals surface area contributed by atoms with E-state index in [9.17, 15) is 4.79 Å². The molecule has 0 aromatic carbocycles. The molecule has 0 spiro atoms. The summed E-state index contributed by atoms with van der Waals surface area (Å²) in [4.78, 5) is 11.6. The van der Waals surface area contributed by atoms with E-state index in [2.05, 4.69) is 10.6 Å². The molecule has 1 saturated heterocycles. The van der Waals surface area contributed by atoms with Gasteiger partial charge in [0.05, 0.1) is 18.7 Å². The fraction of sp³-hybridized carbons (Fsp3) is 0.900. The third-order valence-electron chi connectivity index (χ3n) is 2.69. The molecule has 0 aromatic heterocycles. The quantitative estimate of drug-likeness (QED) is 0.599. The van der Waals surface area contributed by atoms with Gasteiger partial charge in [0.25, 0.3) is 0 Å². The van der Waals surface area contributed by atoms with Crippen molar-refractivity contribution in [3.8, 4) is 0 Å². The number of carbonyl (C=O) groups excluding carboxylic acids is 1. The van der Waals surface area contributed by atoms with Crippen molar-refractivity contribution in [3.63, 3.8) is 0 Å². The molecule has 1 aliphatic heterocycles. The molecular weight excluding hydrogens is 180 g/mol. The third-order valence-corrected chi connectivity index (χ3v) is 2.69. The van der Waals surface area contributed by atoms with Crippen LogP contribution >= 0.6 is 0 Å². The Hall–Kier alpha value is -0.610. The first-order valence-electron chi connectivity index (χ1n) is 5.42. The first-order valence-corrected chi connectivity index (χ1v) is 5.42. The largest absolute Gasteiger partial charge is 0.394 e. The van der Waals surface area contributed by atoms with Crippen LogP contribution in [0.25, 0.3) is 0 Å². The number of amides is 1. The molecule has 2 atom stereocenters. The van der Waals surface area contributed by atoms with Crippen LogP contribution in [0.1, 0.15) is 32.6 Å². The fourth-order valence-electron chi connectivity index (χ4n) is 1.65. The summed E-state index contributed by atoms with van der Waals surface area (Å²) in [5.41, 5.74) is 0. The number of rotatable bonds is 4. The minimum Gasteiger partial charge on any atom is -0.394 e. The van der Waals surface area contributed by atoms with E-state index in [1.54, 1.807) is 0 Å². The van der Waals surface area contributed by atoms with E-state index in [4.69, 9.17) is 5.11 Å². The second-order valence-electron chi connectivity index (χ2n) is 3.80. The maximum atomic E-state index is 11.6. The number of carbonyl (C=O) groups is 1. The van der Waals surface area contributed by atoms with Gasteiger partial charge in [-0.05, 0) is 25.8 Å². The van der Waals surface area contributed by atoms with E-state index in [0.29, 0.717) is 0 Å². The van der Waals surface area contributed by atoms with Crippen molar-refractivity contribution in [1.82, 2.24) is 10.6 Å². The summed E-state index contributed by atoms with van der Waals surface area (Å²) in [6.45, 7) is 2.90.